The van der Waals surface area contributed by atoms with Gasteiger partial charge in [0, 0.05) is 6.61 Å². The van der Waals surface area contributed by atoms with E-state index in [1.54, 1.807) is 37.3 Å². The molecule has 0 bridgehead atoms. The number of carbonyl (C=O) groups is 2. The molecule has 0 aliphatic rings. The molecule has 0 radical (unpaired) electrons. The second-order valence-corrected chi connectivity index (χ2v) is 6.31. The van der Waals surface area contributed by atoms with Gasteiger partial charge in [0.15, 0.2) is 6.10 Å². The molecule has 0 aliphatic heterocycles. The first kappa shape index (κ1) is 20.1. The lowest BCUT2D eigenvalue weighted by Crippen LogP contribution is -2.48. The number of hydrogen-bond donors (Lipinski definition) is 2. The van der Waals surface area contributed by atoms with E-state index >= 15 is 0 Å². The Kier molecular flexibility index (Phi) is 7.83. The quantitative estimate of drug-likeness (QED) is 0.492. The summed E-state index contributed by atoms with van der Waals surface area (Å²) in [4.78, 5) is 24.2. The Morgan fingerprint density at radius 2 is 1.79 bits per heavy atom. The van der Waals surface area contributed by atoms with E-state index in [2.05, 4.69) is 5.32 Å². The molecule has 1 rings (SSSR count). The fraction of sp³-hybridized carbons (Fsp3) is 0.467. The topological polar surface area (TPSA) is 119 Å². The Morgan fingerprint density at radius 1 is 1.17 bits per heavy atom. The summed E-state index contributed by atoms with van der Waals surface area (Å²) in [6, 6.07) is 7.01. The molecular weight excluding hydrogens is 338 g/mol. The molecule has 0 aromatic heterocycles. The summed E-state index contributed by atoms with van der Waals surface area (Å²) in [5, 5.41) is 2.26. The lowest BCUT2D eigenvalue weighted by Gasteiger charge is -2.21. The summed E-state index contributed by atoms with van der Waals surface area (Å²) in [6.45, 7) is 3.47. The molecule has 2 atom stereocenters. The molecule has 1 unspecified atom stereocenters. The van der Waals surface area contributed by atoms with Crippen molar-refractivity contribution in [1.29, 1.82) is 0 Å². The van der Waals surface area contributed by atoms with Crippen LogP contribution in [0.4, 0.5) is 0 Å². The van der Waals surface area contributed by atoms with Gasteiger partial charge in [-0.05, 0) is 19.4 Å². The van der Waals surface area contributed by atoms with E-state index in [0.717, 1.165) is 0 Å². The van der Waals surface area contributed by atoms with Crippen LogP contribution in [0.15, 0.2) is 30.3 Å². The van der Waals surface area contributed by atoms with Crippen LogP contribution in [0.1, 0.15) is 25.5 Å². The van der Waals surface area contributed by atoms with Gasteiger partial charge in [0.1, 0.15) is 11.8 Å². The first-order chi connectivity index (χ1) is 11.3. The Balaban J connectivity index is 2.96. The monoisotopic (exact) mass is 359 g/mol. The molecule has 0 fully saturated rings. The first-order valence-corrected chi connectivity index (χ1v) is 8.98. The smallest absolute Gasteiger partial charge is 0.329 e. The maximum atomic E-state index is 12.4. The van der Waals surface area contributed by atoms with Crippen molar-refractivity contribution < 1.29 is 32.0 Å². The summed E-state index contributed by atoms with van der Waals surface area (Å²) in [5.74, 6) is -2.64. The largest absolute Gasteiger partial charge is 0.464 e. The van der Waals surface area contributed by atoms with Crippen LogP contribution in [0.2, 0.25) is 0 Å². The van der Waals surface area contributed by atoms with E-state index in [1.807, 2.05) is 0 Å². The Hall–Kier alpha value is -1.97. The summed E-state index contributed by atoms with van der Waals surface area (Å²) in [7, 11) is -4.49. The third kappa shape index (κ3) is 6.65. The maximum Gasteiger partial charge on any atom is 0.329 e. The summed E-state index contributed by atoms with van der Waals surface area (Å²) in [6.07, 6.45) is -1.02. The molecule has 1 aromatic rings. The zero-order valence-corrected chi connectivity index (χ0v) is 14.3. The second-order valence-electron chi connectivity index (χ2n) is 4.81. The fourth-order valence-corrected chi connectivity index (χ4v) is 2.63. The van der Waals surface area contributed by atoms with Gasteiger partial charge in [-0.15, -0.1) is 0 Å². The molecule has 0 saturated heterocycles. The van der Waals surface area contributed by atoms with Crippen LogP contribution in [0.5, 0.6) is 0 Å². The van der Waals surface area contributed by atoms with Gasteiger partial charge in [-0.25, -0.2) is 4.79 Å². The molecule has 134 valence electrons. The second kappa shape index (κ2) is 9.36. The lowest BCUT2D eigenvalue weighted by molar-refractivity contribution is -0.148. The highest BCUT2D eigenvalue weighted by molar-refractivity contribution is 7.85. The minimum atomic E-state index is -4.49. The zero-order valence-electron chi connectivity index (χ0n) is 13.5. The van der Waals surface area contributed by atoms with Crippen LogP contribution in [0.3, 0.4) is 0 Å². The van der Waals surface area contributed by atoms with Crippen LogP contribution in [0, 0.1) is 0 Å². The van der Waals surface area contributed by atoms with Crippen molar-refractivity contribution >= 4 is 22.0 Å². The van der Waals surface area contributed by atoms with Gasteiger partial charge < -0.3 is 14.8 Å². The number of amides is 1. The van der Waals surface area contributed by atoms with Crippen molar-refractivity contribution in [2.45, 2.75) is 26.0 Å². The lowest BCUT2D eigenvalue weighted by atomic mass is 10.1. The summed E-state index contributed by atoms with van der Waals surface area (Å²) in [5.41, 5.74) is 0.548. The van der Waals surface area contributed by atoms with Crippen LogP contribution >= 0.6 is 0 Å². The van der Waals surface area contributed by atoms with E-state index in [4.69, 9.17) is 14.0 Å². The average molecular weight is 359 g/mol. The van der Waals surface area contributed by atoms with E-state index in [0.29, 0.717) is 5.56 Å². The first-order valence-electron chi connectivity index (χ1n) is 7.37. The molecular formula is C15H21NO7S. The van der Waals surface area contributed by atoms with Gasteiger partial charge in [-0.1, -0.05) is 30.3 Å². The van der Waals surface area contributed by atoms with Crippen molar-refractivity contribution in [2.75, 3.05) is 19.0 Å². The average Bonchev–Trinajstić information content (AvgIpc) is 2.51. The zero-order chi connectivity index (χ0) is 18.2. The minimum Gasteiger partial charge on any atom is -0.464 e. The number of hydrogen-bond acceptors (Lipinski definition) is 6. The molecule has 0 heterocycles. The third-order valence-corrected chi connectivity index (χ3v) is 3.69. The van der Waals surface area contributed by atoms with Crippen LogP contribution < -0.4 is 5.32 Å². The van der Waals surface area contributed by atoms with E-state index in [-0.39, 0.29) is 13.2 Å². The minimum absolute atomic E-state index is 0.00422. The number of esters is 1. The van der Waals surface area contributed by atoms with Gasteiger partial charge in [0.25, 0.3) is 16.0 Å². The van der Waals surface area contributed by atoms with Gasteiger partial charge >= 0.3 is 5.97 Å². The van der Waals surface area contributed by atoms with Gasteiger partial charge in [0.2, 0.25) is 0 Å². The van der Waals surface area contributed by atoms with Crippen LogP contribution in [-0.4, -0.2) is 49.9 Å². The molecule has 1 amide bonds. The van der Waals surface area contributed by atoms with E-state index < -0.39 is 39.9 Å². The van der Waals surface area contributed by atoms with Crippen molar-refractivity contribution in [2.24, 2.45) is 0 Å². The highest BCUT2D eigenvalue weighted by atomic mass is 32.2. The molecule has 1 aromatic carbocycles. The van der Waals surface area contributed by atoms with Gasteiger partial charge in [-0.3, -0.25) is 9.35 Å². The third-order valence-electron chi connectivity index (χ3n) is 2.94. The molecule has 2 N–H and O–H groups in total. The highest BCUT2D eigenvalue weighted by Gasteiger charge is 2.31. The predicted molar refractivity (Wildman–Crippen MR) is 85.8 cm³/mol. The fourth-order valence-electron chi connectivity index (χ4n) is 1.99. The Bertz CT molecular complexity index is 645. The normalized spacial score (nSPS) is 13.8. The van der Waals surface area contributed by atoms with E-state index in [9.17, 15) is 18.0 Å². The van der Waals surface area contributed by atoms with Crippen molar-refractivity contribution in [3.63, 3.8) is 0 Å². The molecule has 0 spiro atoms. The highest BCUT2D eigenvalue weighted by Crippen LogP contribution is 2.17. The van der Waals surface area contributed by atoms with Crippen molar-refractivity contribution in [3.05, 3.63) is 35.9 Å². The number of nitrogens with one attached hydrogen (secondary N) is 1. The van der Waals surface area contributed by atoms with Crippen molar-refractivity contribution in [1.82, 2.24) is 5.32 Å². The van der Waals surface area contributed by atoms with Gasteiger partial charge in [-0.2, -0.15) is 8.42 Å². The molecule has 0 aliphatic carbocycles. The molecule has 8 nitrogen and oxygen atoms in total. The summed E-state index contributed by atoms with van der Waals surface area (Å²) >= 11 is 0. The van der Waals surface area contributed by atoms with Gasteiger partial charge in [0.05, 0.1) is 6.61 Å². The maximum absolute atomic E-state index is 12.4. The Morgan fingerprint density at radius 3 is 2.29 bits per heavy atom. The molecule has 0 saturated carbocycles. The van der Waals surface area contributed by atoms with Crippen LogP contribution in [0.25, 0.3) is 0 Å². The summed E-state index contributed by atoms with van der Waals surface area (Å²) < 4.78 is 41.2. The molecule has 24 heavy (non-hydrogen) atoms. The number of carbonyl (C=O) groups excluding carboxylic acids is 2. The molecule has 9 heteroatoms. The number of rotatable bonds is 9. The number of ether oxygens (including phenoxy) is 2. The van der Waals surface area contributed by atoms with Crippen molar-refractivity contribution in [3.8, 4) is 0 Å². The number of benzene rings is 1. The Labute approximate surface area is 140 Å². The predicted octanol–water partition coefficient (Wildman–Crippen LogP) is 0.700. The van der Waals surface area contributed by atoms with Crippen LogP contribution in [-0.2, 0) is 29.2 Å². The SMILES string of the molecule is CCOC(=O)[C@H](CS(=O)(=O)O)NC(=O)C(OCC)c1ccccc1. The van der Waals surface area contributed by atoms with E-state index in [1.165, 1.54) is 6.92 Å². The standard InChI is InChI=1S/C15H21NO7S/c1-3-22-13(11-8-6-5-7-9-11)14(17)16-12(10-24(19,20)21)15(18)23-4-2/h5-9,12-13H,3-4,10H2,1-2H3,(H,16,17)(H,19,20,21)/t12-,13?/m0/s1.